The van der Waals surface area contributed by atoms with E-state index in [-0.39, 0.29) is 0 Å². The summed E-state index contributed by atoms with van der Waals surface area (Å²) in [6, 6.07) is 58.7. The monoisotopic (exact) mass is 588 g/mol. The van der Waals surface area contributed by atoms with Crippen LogP contribution in [0.25, 0.3) is 54.6 Å². The van der Waals surface area contributed by atoms with Crippen LogP contribution in [-0.4, -0.2) is 6.72 Å². The molecule has 218 valence electrons. The normalized spacial score (nSPS) is 11.2. The molecule has 0 bridgehead atoms. The molecule has 0 radical (unpaired) electrons. The number of hydrogen-bond donors (Lipinski definition) is 0. The summed E-state index contributed by atoms with van der Waals surface area (Å²) in [7, 11) is 0. The van der Waals surface area contributed by atoms with Gasteiger partial charge < -0.3 is 4.90 Å². The first-order chi connectivity index (χ1) is 22.7. The van der Waals surface area contributed by atoms with Gasteiger partial charge in [0.15, 0.2) is 0 Å². The van der Waals surface area contributed by atoms with E-state index in [4.69, 9.17) is 0 Å². The van der Waals surface area contributed by atoms with Crippen molar-refractivity contribution in [3.05, 3.63) is 169 Å². The Bertz CT molecular complexity index is 2330. The van der Waals surface area contributed by atoms with E-state index in [1.165, 1.54) is 60.1 Å². The molecule has 8 aromatic rings. The number of para-hydroxylation sites is 3. The van der Waals surface area contributed by atoms with Crippen molar-refractivity contribution in [2.24, 2.45) is 4.99 Å². The molecule has 0 heterocycles. The molecule has 2 heteroatoms. The van der Waals surface area contributed by atoms with Gasteiger partial charge in [-0.05, 0) is 111 Å². The molecule has 8 aromatic carbocycles. The zero-order valence-electron chi connectivity index (χ0n) is 25.7. The van der Waals surface area contributed by atoms with Gasteiger partial charge in [-0.3, -0.25) is 4.99 Å². The van der Waals surface area contributed by atoms with Crippen LogP contribution in [0.15, 0.2) is 169 Å². The summed E-state index contributed by atoms with van der Waals surface area (Å²) < 4.78 is 0. The van der Waals surface area contributed by atoms with E-state index in [1.54, 1.807) is 0 Å². The molecule has 0 unspecified atom stereocenters. The maximum atomic E-state index is 4.34. The fourth-order valence-corrected chi connectivity index (χ4v) is 6.79. The van der Waals surface area contributed by atoms with Crippen LogP contribution < -0.4 is 4.90 Å². The maximum absolute atomic E-state index is 4.34. The Balaban J connectivity index is 1.31. The molecular formula is C44H32N2. The quantitative estimate of drug-likeness (QED) is 0.139. The van der Waals surface area contributed by atoms with Gasteiger partial charge in [0.2, 0.25) is 0 Å². The molecule has 0 aromatic heterocycles. The molecule has 0 aliphatic rings. The van der Waals surface area contributed by atoms with Gasteiger partial charge >= 0.3 is 0 Å². The summed E-state index contributed by atoms with van der Waals surface area (Å²) in [6.07, 6.45) is 0. The highest BCUT2D eigenvalue weighted by Crippen LogP contribution is 2.45. The van der Waals surface area contributed by atoms with Crippen LogP contribution in [0.3, 0.4) is 0 Å². The summed E-state index contributed by atoms with van der Waals surface area (Å²) in [4.78, 5) is 6.59. The summed E-state index contributed by atoms with van der Waals surface area (Å²) >= 11 is 0. The molecule has 0 N–H and O–H groups in total. The zero-order valence-corrected chi connectivity index (χ0v) is 25.7. The van der Waals surface area contributed by atoms with Crippen LogP contribution in [-0.2, 0) is 0 Å². The Morgan fingerprint density at radius 3 is 1.63 bits per heavy atom. The molecular weight excluding hydrogens is 556 g/mol. The third kappa shape index (κ3) is 4.72. The summed E-state index contributed by atoms with van der Waals surface area (Å²) in [5.41, 5.74) is 10.3. The Kier molecular flexibility index (Phi) is 6.89. The first-order valence-corrected chi connectivity index (χ1v) is 15.7. The molecule has 0 amide bonds. The van der Waals surface area contributed by atoms with Crippen molar-refractivity contribution in [1.82, 2.24) is 0 Å². The summed E-state index contributed by atoms with van der Waals surface area (Å²) in [5, 5.41) is 7.43. The Hall–Kier alpha value is -5.99. The summed E-state index contributed by atoms with van der Waals surface area (Å²) in [6.45, 7) is 5.98. The minimum Gasteiger partial charge on any atom is -0.308 e. The van der Waals surface area contributed by atoms with Crippen LogP contribution in [0.5, 0.6) is 0 Å². The molecule has 0 fully saturated rings. The van der Waals surface area contributed by atoms with Crippen molar-refractivity contribution < 1.29 is 0 Å². The van der Waals surface area contributed by atoms with Gasteiger partial charge in [0.25, 0.3) is 0 Å². The van der Waals surface area contributed by atoms with Crippen LogP contribution >= 0.6 is 0 Å². The number of nitrogens with zero attached hydrogens (tertiary/aromatic N) is 2. The second-order valence-electron chi connectivity index (χ2n) is 11.8. The minimum atomic E-state index is 0.842. The van der Waals surface area contributed by atoms with E-state index in [2.05, 4.69) is 163 Å². The molecule has 46 heavy (non-hydrogen) atoms. The second-order valence-corrected chi connectivity index (χ2v) is 11.8. The number of benzene rings is 8. The highest BCUT2D eigenvalue weighted by atomic mass is 15.2. The van der Waals surface area contributed by atoms with Crippen molar-refractivity contribution in [3.8, 4) is 22.3 Å². The standard InChI is InChI=1S/C44H32N2/c1-30-20-22-31(23-21-30)43-37-14-6-8-16-39(37)44(40-17-9-7-15-38(40)43)34-25-24-33-29-36(27-26-32(33)28-34)46(35-12-4-3-5-13-35)42-19-11-10-18-41(42)45-2/h3-29H,2H2,1H3. The van der Waals surface area contributed by atoms with E-state index in [1.807, 2.05) is 24.3 Å². The molecule has 0 aliphatic heterocycles. The number of fused-ring (bicyclic) bond motifs is 3. The van der Waals surface area contributed by atoms with E-state index in [9.17, 15) is 0 Å². The Morgan fingerprint density at radius 2 is 0.978 bits per heavy atom. The lowest BCUT2D eigenvalue weighted by Crippen LogP contribution is -2.10. The number of aryl methyl sites for hydroxylation is 1. The average Bonchev–Trinajstić information content (AvgIpc) is 3.11. The smallest absolute Gasteiger partial charge is 0.0862 e. The predicted molar refractivity (Wildman–Crippen MR) is 198 cm³/mol. The van der Waals surface area contributed by atoms with Crippen molar-refractivity contribution >= 4 is 61.8 Å². The third-order valence-corrected chi connectivity index (χ3v) is 8.95. The van der Waals surface area contributed by atoms with Gasteiger partial charge in [0, 0.05) is 11.4 Å². The molecule has 8 rings (SSSR count). The average molecular weight is 589 g/mol. The van der Waals surface area contributed by atoms with Crippen molar-refractivity contribution in [1.29, 1.82) is 0 Å². The largest absolute Gasteiger partial charge is 0.308 e. The topological polar surface area (TPSA) is 15.6 Å². The number of aliphatic imine (C=N–C) groups is 1. The van der Waals surface area contributed by atoms with Crippen LogP contribution in [0.2, 0.25) is 0 Å². The van der Waals surface area contributed by atoms with Crippen molar-refractivity contribution in [2.75, 3.05) is 4.90 Å². The molecule has 2 nitrogen and oxygen atoms in total. The number of hydrogen-bond acceptors (Lipinski definition) is 2. The van der Waals surface area contributed by atoms with Gasteiger partial charge in [-0.15, -0.1) is 0 Å². The summed E-state index contributed by atoms with van der Waals surface area (Å²) in [5.74, 6) is 0. The van der Waals surface area contributed by atoms with E-state index < -0.39 is 0 Å². The Labute approximate surface area is 269 Å². The molecule has 0 atom stereocenters. The van der Waals surface area contributed by atoms with Crippen molar-refractivity contribution in [2.45, 2.75) is 6.92 Å². The third-order valence-electron chi connectivity index (χ3n) is 8.95. The first-order valence-electron chi connectivity index (χ1n) is 15.7. The fourth-order valence-electron chi connectivity index (χ4n) is 6.79. The first kappa shape index (κ1) is 27.6. The van der Waals surface area contributed by atoms with Gasteiger partial charge in [0.1, 0.15) is 0 Å². The lowest BCUT2D eigenvalue weighted by Gasteiger charge is -2.27. The van der Waals surface area contributed by atoms with Gasteiger partial charge in [-0.1, -0.05) is 127 Å². The van der Waals surface area contributed by atoms with Gasteiger partial charge in [-0.2, -0.15) is 0 Å². The van der Waals surface area contributed by atoms with Gasteiger partial charge in [0.05, 0.1) is 11.4 Å². The lowest BCUT2D eigenvalue weighted by molar-refractivity contribution is 1.28. The fraction of sp³-hybridized carbons (Fsp3) is 0.0227. The molecule has 0 saturated carbocycles. The lowest BCUT2D eigenvalue weighted by atomic mass is 9.85. The van der Waals surface area contributed by atoms with E-state index >= 15 is 0 Å². The molecule has 0 aliphatic carbocycles. The zero-order chi connectivity index (χ0) is 31.0. The van der Waals surface area contributed by atoms with Crippen molar-refractivity contribution in [3.63, 3.8) is 0 Å². The second kappa shape index (κ2) is 11.5. The molecule has 0 spiro atoms. The predicted octanol–water partition coefficient (Wildman–Crippen LogP) is 12.6. The highest BCUT2D eigenvalue weighted by molar-refractivity contribution is 6.21. The van der Waals surface area contributed by atoms with Crippen LogP contribution in [0.1, 0.15) is 5.56 Å². The minimum absolute atomic E-state index is 0.842. The van der Waals surface area contributed by atoms with E-state index in [0.29, 0.717) is 0 Å². The Morgan fingerprint density at radius 1 is 0.457 bits per heavy atom. The SMILES string of the molecule is C=Nc1ccccc1N(c1ccccc1)c1ccc2cc(-c3c4ccccc4c(-c4ccc(C)cc4)c4ccccc34)ccc2c1. The maximum Gasteiger partial charge on any atom is 0.0862 e. The van der Waals surface area contributed by atoms with E-state index in [0.717, 1.165) is 22.7 Å². The molecule has 0 saturated heterocycles. The van der Waals surface area contributed by atoms with Gasteiger partial charge in [-0.25, -0.2) is 0 Å². The number of rotatable bonds is 6. The highest BCUT2D eigenvalue weighted by Gasteiger charge is 2.18. The van der Waals surface area contributed by atoms with Crippen LogP contribution in [0.4, 0.5) is 22.7 Å². The van der Waals surface area contributed by atoms with Crippen LogP contribution in [0, 0.1) is 6.92 Å². The number of anilines is 3.